The summed E-state index contributed by atoms with van der Waals surface area (Å²) in [7, 11) is 1.75. The van der Waals surface area contributed by atoms with E-state index in [1.807, 2.05) is 6.26 Å². The molecule has 1 saturated heterocycles. The monoisotopic (exact) mass is 446 g/mol. The fraction of sp³-hybridized carbons (Fsp3) is 0.714. The van der Waals surface area contributed by atoms with Gasteiger partial charge in [0.25, 0.3) is 0 Å². The van der Waals surface area contributed by atoms with Crippen molar-refractivity contribution < 1.29 is 29.9 Å². The minimum atomic E-state index is -2.12. The van der Waals surface area contributed by atoms with Crippen molar-refractivity contribution in [3.63, 3.8) is 0 Å². The number of methoxy groups -OCH3 is 1. The summed E-state index contributed by atoms with van der Waals surface area (Å²) in [5.41, 5.74) is 1.20. The van der Waals surface area contributed by atoms with Crippen LogP contribution in [0.3, 0.4) is 0 Å². The van der Waals surface area contributed by atoms with Crippen molar-refractivity contribution in [3.05, 3.63) is 34.3 Å². The molecule has 4 N–H and O–H groups in total. The van der Waals surface area contributed by atoms with E-state index in [0.29, 0.717) is 28.4 Å². The van der Waals surface area contributed by atoms with Gasteiger partial charge in [-0.25, -0.2) is 0 Å². The number of benzene rings is 1. The van der Waals surface area contributed by atoms with Crippen LogP contribution in [-0.2, 0) is 21.7 Å². The van der Waals surface area contributed by atoms with E-state index in [-0.39, 0.29) is 0 Å². The van der Waals surface area contributed by atoms with Crippen molar-refractivity contribution in [2.75, 3.05) is 19.1 Å². The first-order valence-electron chi connectivity index (χ1n) is 10.0. The van der Waals surface area contributed by atoms with E-state index in [4.69, 9.17) is 21.1 Å². The number of rotatable bonds is 6. The quantitative estimate of drug-likeness (QED) is 0.531. The van der Waals surface area contributed by atoms with Crippen molar-refractivity contribution in [2.45, 2.75) is 68.4 Å². The molecule has 164 valence electrons. The fourth-order valence-corrected chi connectivity index (χ4v) is 5.17. The van der Waals surface area contributed by atoms with E-state index in [0.717, 1.165) is 37.7 Å². The van der Waals surface area contributed by atoms with Crippen LogP contribution >= 0.6 is 23.4 Å². The third-order valence-corrected chi connectivity index (χ3v) is 7.24. The second-order valence-corrected chi connectivity index (χ2v) is 9.44. The molecule has 2 aliphatic rings. The first kappa shape index (κ1) is 23.3. The molecule has 1 saturated carbocycles. The van der Waals surface area contributed by atoms with Crippen molar-refractivity contribution in [3.8, 4) is 0 Å². The maximum atomic E-state index is 11.2. The lowest BCUT2D eigenvalue weighted by atomic mass is 9.82. The van der Waals surface area contributed by atoms with E-state index < -0.39 is 30.2 Å². The Balaban J connectivity index is 1.82. The SMILES string of the molecule is COC1CCC(Cc2cc([C@@]3(O)O[C@H](CSC)[C@@H](O)[C@H](O)[C@H]3O)ccc2Cl)CC1. The number of hydrogen-bond donors (Lipinski definition) is 4. The third kappa shape index (κ3) is 4.93. The molecule has 1 aromatic rings. The Bertz CT molecular complexity index is 683. The minimum Gasteiger partial charge on any atom is -0.388 e. The molecule has 6 nitrogen and oxygen atoms in total. The first-order chi connectivity index (χ1) is 13.8. The summed E-state index contributed by atoms with van der Waals surface area (Å²) in [6.07, 6.45) is 1.76. The molecule has 1 aliphatic carbocycles. The number of aliphatic hydroxyl groups is 4. The molecule has 0 bridgehead atoms. The largest absolute Gasteiger partial charge is 0.388 e. The lowest BCUT2D eigenvalue weighted by Crippen LogP contribution is -2.63. The smallest absolute Gasteiger partial charge is 0.222 e. The van der Waals surface area contributed by atoms with Crippen LogP contribution in [0.4, 0.5) is 0 Å². The molecular formula is C21H31ClO6S. The summed E-state index contributed by atoms with van der Waals surface area (Å²) < 4.78 is 11.2. The van der Waals surface area contributed by atoms with Gasteiger partial charge in [-0.2, -0.15) is 11.8 Å². The highest BCUT2D eigenvalue weighted by molar-refractivity contribution is 7.98. The topological polar surface area (TPSA) is 99.4 Å². The maximum absolute atomic E-state index is 11.2. The van der Waals surface area contributed by atoms with Crippen LogP contribution in [-0.4, -0.2) is 70.1 Å². The van der Waals surface area contributed by atoms with Gasteiger partial charge in [-0.3, -0.25) is 0 Å². The normalized spacial score (nSPS) is 38.2. The molecule has 0 unspecified atom stereocenters. The summed E-state index contributed by atoms with van der Waals surface area (Å²) in [5, 5.41) is 42.7. The second kappa shape index (κ2) is 9.83. The molecule has 29 heavy (non-hydrogen) atoms. The molecule has 0 aromatic heterocycles. The van der Waals surface area contributed by atoms with Crippen LogP contribution in [0.25, 0.3) is 0 Å². The Morgan fingerprint density at radius 3 is 2.48 bits per heavy atom. The molecule has 5 atom stereocenters. The van der Waals surface area contributed by atoms with Gasteiger partial charge in [0, 0.05) is 23.4 Å². The number of hydrogen-bond acceptors (Lipinski definition) is 7. The van der Waals surface area contributed by atoms with Gasteiger partial charge in [0.1, 0.15) is 18.3 Å². The van der Waals surface area contributed by atoms with Crippen LogP contribution in [0.5, 0.6) is 0 Å². The van der Waals surface area contributed by atoms with Gasteiger partial charge in [-0.1, -0.05) is 17.7 Å². The van der Waals surface area contributed by atoms with Crippen molar-refractivity contribution >= 4 is 23.4 Å². The summed E-state index contributed by atoms with van der Waals surface area (Å²) in [4.78, 5) is 0. The van der Waals surface area contributed by atoms with Crippen molar-refractivity contribution in [1.82, 2.24) is 0 Å². The van der Waals surface area contributed by atoms with E-state index in [9.17, 15) is 20.4 Å². The molecule has 0 radical (unpaired) electrons. The number of halogens is 1. The highest BCUT2D eigenvalue weighted by Gasteiger charge is 2.53. The fourth-order valence-electron chi connectivity index (χ4n) is 4.38. The van der Waals surface area contributed by atoms with Crippen molar-refractivity contribution in [2.24, 2.45) is 5.92 Å². The van der Waals surface area contributed by atoms with Crippen LogP contribution in [0.2, 0.25) is 5.02 Å². The highest BCUT2D eigenvalue weighted by atomic mass is 35.5. The van der Waals surface area contributed by atoms with E-state index in [1.54, 1.807) is 25.3 Å². The van der Waals surface area contributed by atoms with Gasteiger partial charge in [-0.15, -0.1) is 0 Å². The zero-order chi connectivity index (χ0) is 21.2. The first-order valence-corrected chi connectivity index (χ1v) is 11.8. The van der Waals surface area contributed by atoms with Crippen LogP contribution in [0.15, 0.2) is 18.2 Å². The Labute approximate surface area is 181 Å². The molecule has 8 heteroatoms. The molecule has 0 spiro atoms. The Morgan fingerprint density at radius 1 is 1.17 bits per heavy atom. The lowest BCUT2D eigenvalue weighted by molar-refractivity contribution is -0.350. The van der Waals surface area contributed by atoms with E-state index in [1.165, 1.54) is 11.8 Å². The van der Waals surface area contributed by atoms with Gasteiger partial charge in [0.2, 0.25) is 5.79 Å². The summed E-state index contributed by atoms with van der Waals surface area (Å²) in [6.45, 7) is 0. The van der Waals surface area contributed by atoms with E-state index >= 15 is 0 Å². The van der Waals surface area contributed by atoms with Crippen molar-refractivity contribution in [1.29, 1.82) is 0 Å². The second-order valence-electron chi connectivity index (χ2n) is 8.12. The van der Waals surface area contributed by atoms with Crippen LogP contribution in [0, 0.1) is 5.92 Å². The molecule has 3 rings (SSSR count). The Kier molecular flexibility index (Phi) is 7.89. The van der Waals surface area contributed by atoms with Gasteiger partial charge in [0.05, 0.1) is 12.2 Å². The zero-order valence-electron chi connectivity index (χ0n) is 16.8. The van der Waals surface area contributed by atoms with Gasteiger partial charge in [-0.05, 0) is 62.0 Å². The minimum absolute atomic E-state index is 0.320. The van der Waals surface area contributed by atoms with Gasteiger partial charge < -0.3 is 29.9 Å². The third-order valence-electron chi connectivity index (χ3n) is 6.21. The Morgan fingerprint density at radius 2 is 1.86 bits per heavy atom. The molecule has 1 heterocycles. The van der Waals surface area contributed by atoms with E-state index in [2.05, 4.69) is 0 Å². The predicted molar refractivity (Wildman–Crippen MR) is 113 cm³/mol. The summed E-state index contributed by atoms with van der Waals surface area (Å²) >= 11 is 7.84. The molecule has 2 fully saturated rings. The van der Waals surface area contributed by atoms with Crippen LogP contribution in [0.1, 0.15) is 36.8 Å². The number of aliphatic hydroxyl groups excluding tert-OH is 3. The molecule has 0 amide bonds. The lowest BCUT2D eigenvalue weighted by Gasteiger charge is -2.46. The average molecular weight is 447 g/mol. The summed E-state index contributed by atoms with van der Waals surface area (Å²) in [5.74, 6) is -1.28. The van der Waals surface area contributed by atoms with Gasteiger partial charge >= 0.3 is 0 Å². The zero-order valence-corrected chi connectivity index (χ0v) is 18.4. The summed E-state index contributed by atoms with van der Waals surface area (Å²) in [6, 6.07) is 5.02. The van der Waals surface area contributed by atoms with Crippen LogP contribution < -0.4 is 0 Å². The highest BCUT2D eigenvalue weighted by Crippen LogP contribution is 2.39. The number of ether oxygens (including phenoxy) is 2. The standard InChI is InChI=1S/C21H31ClO6S/c1-27-15-6-3-12(4-7-15)9-13-10-14(5-8-16(13)22)21(26)20(25)19(24)18(23)17(28-21)11-29-2/h5,8,10,12,15,17-20,23-26H,3-4,6-7,9,11H2,1-2H3/t12?,15?,17-,18-,19+,20-,21-/m1/s1. The Hall–Kier alpha value is -0.380. The maximum Gasteiger partial charge on any atom is 0.222 e. The molecule has 1 aromatic carbocycles. The average Bonchev–Trinajstić information content (AvgIpc) is 2.72. The predicted octanol–water partition coefficient (Wildman–Crippen LogP) is 2.08. The molecule has 1 aliphatic heterocycles. The molecular weight excluding hydrogens is 416 g/mol. The van der Waals surface area contributed by atoms with Gasteiger partial charge in [0.15, 0.2) is 0 Å². The number of thioether (sulfide) groups is 1.